The molecule has 0 aromatic carbocycles. The first-order valence-corrected chi connectivity index (χ1v) is 4.64. The Bertz CT molecular complexity index is 180. The van der Waals surface area contributed by atoms with Gasteiger partial charge in [0.25, 0.3) is 0 Å². The molecule has 76 valence electrons. The minimum Gasteiger partial charge on any atom is -0.306 e. The van der Waals surface area contributed by atoms with Crippen LogP contribution in [0.2, 0.25) is 0 Å². The van der Waals surface area contributed by atoms with E-state index < -0.39 is 5.60 Å². The second-order valence-electron chi connectivity index (χ2n) is 4.24. The second-order valence-corrected chi connectivity index (χ2v) is 4.24. The number of nitrogens with zero attached hydrogens (tertiary/aromatic N) is 1. The Kier molecular flexibility index (Phi) is 3.14. The van der Waals surface area contributed by atoms with Gasteiger partial charge in [-0.1, -0.05) is 0 Å². The zero-order valence-corrected chi connectivity index (χ0v) is 8.50. The number of amides is 1. The van der Waals surface area contributed by atoms with Crippen molar-refractivity contribution < 1.29 is 14.6 Å². The van der Waals surface area contributed by atoms with Crippen molar-refractivity contribution in [2.45, 2.75) is 39.2 Å². The van der Waals surface area contributed by atoms with Crippen molar-refractivity contribution in [3.63, 3.8) is 0 Å². The van der Waals surface area contributed by atoms with Crippen LogP contribution in [0.3, 0.4) is 0 Å². The van der Waals surface area contributed by atoms with Gasteiger partial charge in [-0.15, -0.1) is 0 Å². The van der Waals surface area contributed by atoms with Crippen LogP contribution in [0.1, 0.15) is 33.6 Å². The predicted molar refractivity (Wildman–Crippen MR) is 48.1 cm³/mol. The average Bonchev–Trinajstić information content (AvgIpc) is 2.50. The molecule has 1 rings (SSSR count). The van der Waals surface area contributed by atoms with Gasteiger partial charge >= 0.3 is 6.09 Å². The molecule has 1 aliphatic heterocycles. The third-order valence-electron chi connectivity index (χ3n) is 1.73. The zero-order chi connectivity index (χ0) is 9.90. The van der Waals surface area contributed by atoms with Gasteiger partial charge in [-0.05, 0) is 33.6 Å². The molecule has 0 spiro atoms. The summed E-state index contributed by atoms with van der Waals surface area (Å²) >= 11 is 0. The molecule has 1 saturated heterocycles. The summed E-state index contributed by atoms with van der Waals surface area (Å²) in [7, 11) is 0. The number of rotatable bonds is 1. The third kappa shape index (κ3) is 3.63. The number of carbonyl (C=O) groups is 1. The molecule has 0 saturated carbocycles. The highest BCUT2D eigenvalue weighted by molar-refractivity contribution is 5.67. The first-order valence-electron chi connectivity index (χ1n) is 4.64. The standard InChI is InChI=1S/C9H17NO3/c1-9(2,3)13-12-8(11)10-6-4-5-7-10/h4-7H2,1-3H3. The van der Waals surface area contributed by atoms with Crippen LogP contribution in [0, 0.1) is 0 Å². The quantitative estimate of drug-likeness (QED) is 0.465. The summed E-state index contributed by atoms with van der Waals surface area (Å²) in [5, 5.41) is 0. The highest BCUT2D eigenvalue weighted by Crippen LogP contribution is 2.12. The van der Waals surface area contributed by atoms with Crippen LogP contribution in [0.4, 0.5) is 4.79 Å². The molecule has 0 bridgehead atoms. The molecular weight excluding hydrogens is 170 g/mol. The maximum absolute atomic E-state index is 11.3. The van der Waals surface area contributed by atoms with Crippen molar-refractivity contribution in [1.82, 2.24) is 4.90 Å². The summed E-state index contributed by atoms with van der Waals surface area (Å²) in [6.45, 7) is 7.08. The Morgan fingerprint density at radius 3 is 2.23 bits per heavy atom. The van der Waals surface area contributed by atoms with E-state index in [1.54, 1.807) is 4.90 Å². The molecule has 0 aromatic heterocycles. The van der Waals surface area contributed by atoms with E-state index in [2.05, 4.69) is 4.89 Å². The predicted octanol–water partition coefficient (Wildman–Crippen LogP) is 1.95. The summed E-state index contributed by atoms with van der Waals surface area (Å²) in [4.78, 5) is 22.5. The normalized spacial score (nSPS) is 17.6. The molecule has 1 fully saturated rings. The molecule has 4 nitrogen and oxygen atoms in total. The Balaban J connectivity index is 2.25. The van der Waals surface area contributed by atoms with Gasteiger partial charge in [0.05, 0.1) is 0 Å². The monoisotopic (exact) mass is 187 g/mol. The molecule has 1 heterocycles. The first kappa shape index (κ1) is 10.3. The maximum atomic E-state index is 11.3. The molecule has 4 heteroatoms. The number of likely N-dealkylation sites (tertiary alicyclic amines) is 1. The van der Waals surface area contributed by atoms with Crippen molar-refractivity contribution >= 4 is 6.09 Å². The zero-order valence-electron chi connectivity index (χ0n) is 8.50. The highest BCUT2D eigenvalue weighted by Gasteiger charge is 2.22. The molecule has 0 aromatic rings. The van der Waals surface area contributed by atoms with Crippen molar-refractivity contribution in [1.29, 1.82) is 0 Å². The van der Waals surface area contributed by atoms with Gasteiger partial charge in [0, 0.05) is 13.1 Å². The lowest BCUT2D eigenvalue weighted by atomic mass is 10.2. The maximum Gasteiger partial charge on any atom is 0.441 e. The van der Waals surface area contributed by atoms with E-state index in [1.807, 2.05) is 20.8 Å². The summed E-state index contributed by atoms with van der Waals surface area (Å²) in [6.07, 6.45) is 1.75. The summed E-state index contributed by atoms with van der Waals surface area (Å²) in [6, 6.07) is 0. The fourth-order valence-electron chi connectivity index (χ4n) is 1.11. The van der Waals surface area contributed by atoms with E-state index >= 15 is 0 Å². The van der Waals surface area contributed by atoms with Crippen LogP contribution in [0.15, 0.2) is 0 Å². The van der Waals surface area contributed by atoms with Crippen molar-refractivity contribution in [2.75, 3.05) is 13.1 Å². The fourth-order valence-corrected chi connectivity index (χ4v) is 1.11. The van der Waals surface area contributed by atoms with E-state index in [9.17, 15) is 4.79 Å². The van der Waals surface area contributed by atoms with E-state index in [-0.39, 0.29) is 6.09 Å². The molecule has 0 unspecified atom stereocenters. The summed E-state index contributed by atoms with van der Waals surface area (Å²) < 4.78 is 0. The molecule has 1 aliphatic rings. The first-order chi connectivity index (χ1) is 5.99. The molecule has 13 heavy (non-hydrogen) atoms. The number of carbonyl (C=O) groups excluding carboxylic acids is 1. The lowest BCUT2D eigenvalue weighted by Gasteiger charge is -2.19. The van der Waals surface area contributed by atoms with Crippen LogP contribution in [-0.4, -0.2) is 29.7 Å². The van der Waals surface area contributed by atoms with Crippen LogP contribution in [-0.2, 0) is 9.78 Å². The molecule has 0 atom stereocenters. The van der Waals surface area contributed by atoms with E-state index in [0.29, 0.717) is 0 Å². The molecule has 1 amide bonds. The van der Waals surface area contributed by atoms with E-state index in [1.165, 1.54) is 0 Å². The van der Waals surface area contributed by atoms with Gasteiger partial charge in [0.15, 0.2) is 0 Å². The molecule has 0 aliphatic carbocycles. The summed E-state index contributed by atoms with van der Waals surface area (Å²) in [5.74, 6) is 0. The Labute approximate surface area is 78.7 Å². The van der Waals surface area contributed by atoms with Crippen molar-refractivity contribution in [3.05, 3.63) is 0 Å². The lowest BCUT2D eigenvalue weighted by molar-refractivity contribution is -0.305. The van der Waals surface area contributed by atoms with Crippen molar-refractivity contribution in [3.8, 4) is 0 Å². The topological polar surface area (TPSA) is 38.8 Å². The number of hydrogen-bond donors (Lipinski definition) is 0. The van der Waals surface area contributed by atoms with Crippen molar-refractivity contribution in [2.24, 2.45) is 0 Å². The lowest BCUT2D eigenvalue weighted by Crippen LogP contribution is -2.31. The fraction of sp³-hybridized carbons (Fsp3) is 0.889. The number of hydrogen-bond acceptors (Lipinski definition) is 3. The molecule has 0 radical (unpaired) electrons. The minimum absolute atomic E-state index is 0.368. The Morgan fingerprint density at radius 2 is 1.77 bits per heavy atom. The SMILES string of the molecule is CC(C)(C)OOC(=O)N1CCCC1. The van der Waals surface area contributed by atoms with Gasteiger partial charge in [-0.25, -0.2) is 4.79 Å². The van der Waals surface area contributed by atoms with Crippen LogP contribution in [0.25, 0.3) is 0 Å². The van der Waals surface area contributed by atoms with Gasteiger partial charge in [-0.3, -0.25) is 4.89 Å². The van der Waals surface area contributed by atoms with Gasteiger partial charge < -0.3 is 4.90 Å². The van der Waals surface area contributed by atoms with Crippen LogP contribution in [0.5, 0.6) is 0 Å². The Morgan fingerprint density at radius 1 is 1.23 bits per heavy atom. The summed E-state index contributed by atoms with van der Waals surface area (Å²) in [5.41, 5.74) is -0.435. The van der Waals surface area contributed by atoms with Gasteiger partial charge in [0.2, 0.25) is 0 Å². The molecular formula is C9H17NO3. The van der Waals surface area contributed by atoms with Crippen LogP contribution >= 0.6 is 0 Å². The average molecular weight is 187 g/mol. The van der Waals surface area contributed by atoms with Gasteiger partial charge in [0.1, 0.15) is 5.60 Å². The van der Waals surface area contributed by atoms with E-state index in [0.717, 1.165) is 25.9 Å². The van der Waals surface area contributed by atoms with Crippen LogP contribution < -0.4 is 0 Å². The van der Waals surface area contributed by atoms with E-state index in [4.69, 9.17) is 4.89 Å². The smallest absolute Gasteiger partial charge is 0.306 e. The molecule has 0 N–H and O–H groups in total. The minimum atomic E-state index is -0.435. The second kappa shape index (κ2) is 3.96. The largest absolute Gasteiger partial charge is 0.441 e. The third-order valence-corrected chi connectivity index (χ3v) is 1.73. The highest BCUT2D eigenvalue weighted by atomic mass is 17.2. The Hall–Kier alpha value is -0.770. The van der Waals surface area contributed by atoms with Gasteiger partial charge in [-0.2, -0.15) is 4.89 Å².